The Balaban J connectivity index is 1.40. The van der Waals surface area contributed by atoms with Crippen LogP contribution in [0.25, 0.3) is 0 Å². The number of fused-ring (bicyclic) bond motifs is 1. The van der Waals surface area contributed by atoms with Crippen LogP contribution in [0.15, 0.2) is 34.9 Å². The van der Waals surface area contributed by atoms with Crippen molar-refractivity contribution in [1.29, 1.82) is 0 Å². The van der Waals surface area contributed by atoms with Gasteiger partial charge in [-0.2, -0.15) is 4.98 Å². The molecule has 1 aromatic carbocycles. The first kappa shape index (κ1) is 15.7. The van der Waals surface area contributed by atoms with Gasteiger partial charge in [-0.05, 0) is 5.56 Å². The fourth-order valence-corrected chi connectivity index (χ4v) is 3.67. The van der Waals surface area contributed by atoms with Crippen LogP contribution in [0.4, 0.5) is 0 Å². The number of morpholine rings is 1. The fourth-order valence-electron chi connectivity index (χ4n) is 3.67. The zero-order valence-electron chi connectivity index (χ0n) is 14.1. The number of aromatic nitrogens is 2. The summed E-state index contributed by atoms with van der Waals surface area (Å²) in [7, 11) is 0. The van der Waals surface area contributed by atoms with Crippen molar-refractivity contribution in [2.75, 3.05) is 26.2 Å². The average molecular weight is 328 g/mol. The number of likely N-dealkylation sites (tertiary alicyclic amines) is 1. The van der Waals surface area contributed by atoms with E-state index in [0.29, 0.717) is 18.5 Å². The Hall–Kier alpha value is -1.76. The second-order valence-electron chi connectivity index (χ2n) is 6.58. The van der Waals surface area contributed by atoms with Gasteiger partial charge in [0, 0.05) is 32.6 Å². The standard InChI is InChI=1S/C18H24N4O2/c1-2-17-19-18(24-20-17)13-21-11-15-16(12-21)23-9-8-22(15)10-14-6-4-3-5-7-14/h3-7,15-16H,2,8-13H2,1H3/t15-,16-/m1/s1. The molecule has 2 aromatic rings. The van der Waals surface area contributed by atoms with Gasteiger partial charge in [-0.1, -0.05) is 42.4 Å². The van der Waals surface area contributed by atoms with E-state index in [-0.39, 0.29) is 6.10 Å². The Kier molecular flexibility index (Phi) is 4.60. The van der Waals surface area contributed by atoms with E-state index in [4.69, 9.17) is 9.26 Å². The molecule has 6 nitrogen and oxygen atoms in total. The van der Waals surface area contributed by atoms with Crippen molar-refractivity contribution >= 4 is 0 Å². The number of aryl methyl sites for hydroxylation is 1. The number of hydrogen-bond donors (Lipinski definition) is 0. The molecular weight excluding hydrogens is 304 g/mol. The van der Waals surface area contributed by atoms with E-state index in [1.165, 1.54) is 5.56 Å². The number of nitrogens with zero attached hydrogens (tertiary/aromatic N) is 4. The maximum absolute atomic E-state index is 6.01. The summed E-state index contributed by atoms with van der Waals surface area (Å²) in [6.45, 7) is 7.45. The Morgan fingerprint density at radius 1 is 1.17 bits per heavy atom. The van der Waals surface area contributed by atoms with Crippen molar-refractivity contribution < 1.29 is 9.26 Å². The van der Waals surface area contributed by atoms with E-state index in [2.05, 4.69) is 50.3 Å². The summed E-state index contributed by atoms with van der Waals surface area (Å²) in [5, 5.41) is 3.98. The van der Waals surface area contributed by atoms with Gasteiger partial charge in [0.2, 0.25) is 5.89 Å². The van der Waals surface area contributed by atoms with Crippen molar-refractivity contribution in [2.45, 2.75) is 38.6 Å². The minimum atomic E-state index is 0.274. The molecule has 24 heavy (non-hydrogen) atoms. The van der Waals surface area contributed by atoms with Gasteiger partial charge < -0.3 is 9.26 Å². The number of rotatable bonds is 5. The Labute approximate surface area is 142 Å². The molecule has 2 saturated heterocycles. The molecule has 3 heterocycles. The van der Waals surface area contributed by atoms with Crippen molar-refractivity contribution in [3.63, 3.8) is 0 Å². The average Bonchev–Trinajstić information content (AvgIpc) is 3.23. The third-order valence-electron chi connectivity index (χ3n) is 4.91. The lowest BCUT2D eigenvalue weighted by molar-refractivity contribution is -0.0504. The highest BCUT2D eigenvalue weighted by Crippen LogP contribution is 2.25. The zero-order chi connectivity index (χ0) is 16.4. The lowest BCUT2D eigenvalue weighted by Gasteiger charge is -2.37. The highest BCUT2D eigenvalue weighted by molar-refractivity contribution is 5.15. The summed E-state index contributed by atoms with van der Waals surface area (Å²) in [5.74, 6) is 1.49. The number of benzene rings is 1. The summed E-state index contributed by atoms with van der Waals surface area (Å²) < 4.78 is 11.4. The molecule has 2 atom stereocenters. The number of ether oxygens (including phenoxy) is 1. The molecule has 0 radical (unpaired) electrons. The van der Waals surface area contributed by atoms with Gasteiger partial charge in [-0.15, -0.1) is 0 Å². The molecule has 0 spiro atoms. The first-order valence-corrected chi connectivity index (χ1v) is 8.75. The third-order valence-corrected chi connectivity index (χ3v) is 4.91. The van der Waals surface area contributed by atoms with Crippen LogP contribution in [0.3, 0.4) is 0 Å². The van der Waals surface area contributed by atoms with E-state index in [9.17, 15) is 0 Å². The highest BCUT2D eigenvalue weighted by atomic mass is 16.5. The van der Waals surface area contributed by atoms with E-state index < -0.39 is 0 Å². The predicted octanol–water partition coefficient (Wildman–Crippen LogP) is 1.72. The molecule has 0 aliphatic carbocycles. The first-order chi connectivity index (χ1) is 11.8. The van der Waals surface area contributed by atoms with E-state index in [0.717, 1.165) is 45.0 Å². The van der Waals surface area contributed by atoms with Crippen LogP contribution in [0.5, 0.6) is 0 Å². The topological polar surface area (TPSA) is 54.6 Å². The van der Waals surface area contributed by atoms with Crippen LogP contribution in [0.2, 0.25) is 0 Å². The molecule has 1 aromatic heterocycles. The smallest absolute Gasteiger partial charge is 0.240 e. The lowest BCUT2D eigenvalue weighted by atomic mass is 10.1. The van der Waals surface area contributed by atoms with Gasteiger partial charge in [0.25, 0.3) is 0 Å². The number of hydrogen-bond acceptors (Lipinski definition) is 6. The maximum atomic E-state index is 6.01. The first-order valence-electron chi connectivity index (χ1n) is 8.75. The predicted molar refractivity (Wildman–Crippen MR) is 89.3 cm³/mol. The van der Waals surface area contributed by atoms with Gasteiger partial charge in [0.15, 0.2) is 5.82 Å². The monoisotopic (exact) mass is 328 g/mol. The van der Waals surface area contributed by atoms with Gasteiger partial charge in [0.05, 0.1) is 25.3 Å². The lowest BCUT2D eigenvalue weighted by Crippen LogP contribution is -2.50. The van der Waals surface area contributed by atoms with Gasteiger partial charge in [-0.25, -0.2) is 0 Å². The molecule has 0 amide bonds. The van der Waals surface area contributed by atoms with Crippen LogP contribution >= 0.6 is 0 Å². The fraction of sp³-hybridized carbons (Fsp3) is 0.556. The summed E-state index contributed by atoms with van der Waals surface area (Å²) in [6, 6.07) is 11.1. The molecule has 2 aliphatic rings. The Morgan fingerprint density at radius 2 is 2.04 bits per heavy atom. The molecule has 128 valence electrons. The molecular formula is C18H24N4O2. The van der Waals surface area contributed by atoms with E-state index in [1.54, 1.807) is 0 Å². The maximum Gasteiger partial charge on any atom is 0.240 e. The van der Waals surface area contributed by atoms with Crippen LogP contribution in [-0.4, -0.2) is 58.3 Å². The van der Waals surface area contributed by atoms with Crippen molar-refractivity contribution in [3.05, 3.63) is 47.6 Å². The quantitative estimate of drug-likeness (QED) is 0.833. The van der Waals surface area contributed by atoms with Crippen LogP contribution in [-0.2, 0) is 24.2 Å². The molecule has 4 rings (SSSR count). The molecule has 0 unspecified atom stereocenters. The van der Waals surface area contributed by atoms with Crippen molar-refractivity contribution in [1.82, 2.24) is 19.9 Å². The third kappa shape index (κ3) is 3.36. The largest absolute Gasteiger partial charge is 0.374 e. The summed E-state index contributed by atoms with van der Waals surface area (Å²) in [5.41, 5.74) is 1.36. The highest BCUT2D eigenvalue weighted by Gasteiger charge is 2.40. The second kappa shape index (κ2) is 7.01. The second-order valence-corrected chi connectivity index (χ2v) is 6.58. The summed E-state index contributed by atoms with van der Waals surface area (Å²) >= 11 is 0. The van der Waals surface area contributed by atoms with Crippen molar-refractivity contribution in [2.24, 2.45) is 0 Å². The Bertz CT molecular complexity index is 660. The molecule has 0 N–H and O–H groups in total. The van der Waals surface area contributed by atoms with Crippen LogP contribution < -0.4 is 0 Å². The summed E-state index contributed by atoms with van der Waals surface area (Å²) in [6.07, 6.45) is 1.08. The molecule has 2 fully saturated rings. The minimum absolute atomic E-state index is 0.274. The normalized spacial score (nSPS) is 25.0. The van der Waals surface area contributed by atoms with E-state index >= 15 is 0 Å². The van der Waals surface area contributed by atoms with Crippen molar-refractivity contribution in [3.8, 4) is 0 Å². The molecule has 2 aliphatic heterocycles. The van der Waals surface area contributed by atoms with Gasteiger partial charge in [0.1, 0.15) is 0 Å². The Morgan fingerprint density at radius 3 is 2.83 bits per heavy atom. The van der Waals surface area contributed by atoms with Crippen LogP contribution in [0, 0.1) is 0 Å². The zero-order valence-corrected chi connectivity index (χ0v) is 14.1. The van der Waals surface area contributed by atoms with E-state index in [1.807, 2.05) is 6.92 Å². The van der Waals surface area contributed by atoms with Crippen LogP contribution in [0.1, 0.15) is 24.2 Å². The SMILES string of the molecule is CCc1noc(CN2C[C@@H]3[C@@H](C2)OCCN3Cc2ccccc2)n1. The summed E-state index contributed by atoms with van der Waals surface area (Å²) in [4.78, 5) is 9.34. The van der Waals surface area contributed by atoms with Gasteiger partial charge >= 0.3 is 0 Å². The molecule has 0 saturated carbocycles. The van der Waals surface area contributed by atoms with Gasteiger partial charge in [-0.3, -0.25) is 9.80 Å². The minimum Gasteiger partial charge on any atom is -0.374 e. The molecule has 0 bridgehead atoms. The molecule has 6 heteroatoms.